The second-order valence-electron chi connectivity index (χ2n) is 7.88. The first-order valence-electron chi connectivity index (χ1n) is 11.4. The van der Waals surface area contributed by atoms with Gasteiger partial charge in [0.1, 0.15) is 17.1 Å². The zero-order valence-electron chi connectivity index (χ0n) is 18.9. The molecule has 0 radical (unpaired) electrons. The summed E-state index contributed by atoms with van der Waals surface area (Å²) in [6, 6.07) is 12.6. The highest BCUT2D eigenvalue weighted by atomic mass is 79.9. The second-order valence-corrected chi connectivity index (χ2v) is 8.67. The number of nitrogens with zero attached hydrogens (tertiary/aromatic N) is 1. The largest absolute Gasteiger partial charge is 0.494 e. The van der Waals surface area contributed by atoms with Crippen molar-refractivity contribution in [3.05, 3.63) is 64.4 Å². The summed E-state index contributed by atoms with van der Waals surface area (Å²) in [6.45, 7) is 3.21. The van der Waals surface area contributed by atoms with E-state index in [4.69, 9.17) is 9.47 Å². The molecule has 1 aromatic heterocycles. The summed E-state index contributed by atoms with van der Waals surface area (Å²) in [4.78, 5) is 24.5. The zero-order valence-corrected chi connectivity index (χ0v) is 20.5. The van der Waals surface area contributed by atoms with Gasteiger partial charge in [-0.3, -0.25) is 4.79 Å². The second kappa shape index (κ2) is 12.4. The Bertz CT molecular complexity index is 1140. The molecule has 0 amide bonds. The van der Waals surface area contributed by atoms with Crippen molar-refractivity contribution in [1.29, 1.82) is 0 Å². The van der Waals surface area contributed by atoms with E-state index < -0.39 is 11.4 Å². The number of rotatable bonds is 13. The Labute approximate surface area is 202 Å². The number of alkyl halides is 1. The molecule has 3 rings (SSSR count). The molecule has 0 aliphatic heterocycles. The first-order chi connectivity index (χ1) is 16.0. The smallest absolute Gasteiger partial charge is 0.341 e. The summed E-state index contributed by atoms with van der Waals surface area (Å²) in [6.07, 6.45) is 7.90. The number of aromatic carboxylic acids is 1. The lowest BCUT2D eigenvalue weighted by molar-refractivity contribution is 0.0695. The molecule has 0 atom stereocenters. The SMILES string of the molecule is CCCOc1cccc(-n2cc(C(=O)O)c(=O)c3ccc(OCCCCCCCBr)cc32)c1. The predicted octanol–water partition coefficient (Wildman–Crippen LogP) is 6.20. The van der Waals surface area contributed by atoms with Gasteiger partial charge in [0.05, 0.1) is 18.7 Å². The Morgan fingerprint density at radius 1 is 0.970 bits per heavy atom. The van der Waals surface area contributed by atoms with E-state index in [0.717, 1.165) is 24.6 Å². The van der Waals surface area contributed by atoms with Crippen molar-refractivity contribution in [2.45, 2.75) is 45.4 Å². The highest BCUT2D eigenvalue weighted by molar-refractivity contribution is 9.09. The van der Waals surface area contributed by atoms with Crippen LogP contribution in [0, 0.1) is 0 Å². The number of hydrogen-bond donors (Lipinski definition) is 1. The zero-order chi connectivity index (χ0) is 23.6. The van der Waals surface area contributed by atoms with Crippen LogP contribution < -0.4 is 14.9 Å². The summed E-state index contributed by atoms with van der Waals surface area (Å²) in [7, 11) is 0. The van der Waals surface area contributed by atoms with Crippen LogP contribution in [-0.2, 0) is 0 Å². The van der Waals surface area contributed by atoms with Gasteiger partial charge in [-0.25, -0.2) is 4.79 Å². The molecule has 2 aromatic carbocycles. The number of carboxylic acids is 1. The van der Waals surface area contributed by atoms with Crippen molar-refractivity contribution in [2.75, 3.05) is 18.5 Å². The van der Waals surface area contributed by atoms with Gasteiger partial charge in [0.2, 0.25) is 5.43 Å². The number of hydrogen-bond acceptors (Lipinski definition) is 4. The van der Waals surface area contributed by atoms with E-state index in [1.54, 1.807) is 22.8 Å². The standard InChI is InChI=1S/C26H30BrNO5/c1-2-14-32-20-10-8-9-19(16-20)28-18-23(26(30)31)25(29)22-12-11-21(17-24(22)28)33-15-7-5-3-4-6-13-27/h8-12,16-18H,2-7,13-15H2,1H3,(H,30,31). The molecule has 0 spiro atoms. The molecule has 1 N–H and O–H groups in total. The van der Waals surface area contributed by atoms with Crippen LogP contribution in [0.15, 0.2) is 53.5 Å². The van der Waals surface area contributed by atoms with Gasteiger partial charge in [0.15, 0.2) is 0 Å². The van der Waals surface area contributed by atoms with Crippen LogP contribution in [-0.4, -0.2) is 34.2 Å². The lowest BCUT2D eigenvalue weighted by Crippen LogP contribution is -2.18. The molecule has 1 heterocycles. The number of aromatic nitrogens is 1. The Hall–Kier alpha value is -2.80. The van der Waals surface area contributed by atoms with Gasteiger partial charge in [0.25, 0.3) is 0 Å². The fourth-order valence-corrected chi connectivity index (χ4v) is 4.02. The minimum atomic E-state index is -1.26. The molecule has 0 bridgehead atoms. The third kappa shape index (κ3) is 6.60. The molecule has 7 heteroatoms. The van der Waals surface area contributed by atoms with Gasteiger partial charge >= 0.3 is 5.97 Å². The third-order valence-electron chi connectivity index (χ3n) is 5.32. The first kappa shape index (κ1) is 24.8. The fourth-order valence-electron chi connectivity index (χ4n) is 3.62. The van der Waals surface area contributed by atoms with Gasteiger partial charge in [-0.05, 0) is 43.5 Å². The quantitative estimate of drug-likeness (QED) is 0.216. The van der Waals surface area contributed by atoms with E-state index >= 15 is 0 Å². The Kier molecular flexibility index (Phi) is 9.36. The van der Waals surface area contributed by atoms with Gasteiger partial charge in [-0.2, -0.15) is 0 Å². The molecule has 0 fully saturated rings. The first-order valence-corrected chi connectivity index (χ1v) is 12.5. The van der Waals surface area contributed by atoms with Crippen LogP contribution in [0.1, 0.15) is 55.8 Å². The molecular weight excluding hydrogens is 486 g/mol. The van der Waals surface area contributed by atoms with E-state index in [2.05, 4.69) is 15.9 Å². The van der Waals surface area contributed by atoms with E-state index in [-0.39, 0.29) is 5.56 Å². The molecule has 176 valence electrons. The number of carbonyl (C=O) groups is 1. The van der Waals surface area contributed by atoms with Crippen LogP contribution in [0.3, 0.4) is 0 Å². The van der Waals surface area contributed by atoms with Gasteiger partial charge in [-0.15, -0.1) is 0 Å². The number of benzene rings is 2. The van der Waals surface area contributed by atoms with E-state index in [0.29, 0.717) is 41.3 Å². The average Bonchev–Trinajstić information content (AvgIpc) is 2.82. The molecule has 0 aliphatic rings. The average molecular weight is 516 g/mol. The van der Waals surface area contributed by atoms with Gasteiger partial charge in [-0.1, -0.05) is 48.2 Å². The topological polar surface area (TPSA) is 77.8 Å². The van der Waals surface area contributed by atoms with Crippen molar-refractivity contribution < 1.29 is 19.4 Å². The van der Waals surface area contributed by atoms with Crippen LogP contribution in [0.25, 0.3) is 16.6 Å². The maximum Gasteiger partial charge on any atom is 0.341 e. The van der Waals surface area contributed by atoms with Crippen molar-refractivity contribution in [1.82, 2.24) is 4.57 Å². The predicted molar refractivity (Wildman–Crippen MR) is 135 cm³/mol. The summed E-state index contributed by atoms with van der Waals surface area (Å²) < 4.78 is 13.4. The van der Waals surface area contributed by atoms with Crippen LogP contribution in [0.4, 0.5) is 0 Å². The lowest BCUT2D eigenvalue weighted by Gasteiger charge is -2.15. The molecule has 0 saturated carbocycles. The van der Waals surface area contributed by atoms with Crippen molar-refractivity contribution in [3.63, 3.8) is 0 Å². The number of unbranched alkanes of at least 4 members (excludes halogenated alkanes) is 4. The van der Waals surface area contributed by atoms with Crippen LogP contribution in [0.5, 0.6) is 11.5 Å². The minimum absolute atomic E-state index is 0.278. The monoisotopic (exact) mass is 515 g/mol. The third-order valence-corrected chi connectivity index (χ3v) is 5.88. The number of halogens is 1. The number of fused-ring (bicyclic) bond motifs is 1. The fraction of sp³-hybridized carbons (Fsp3) is 0.385. The molecular formula is C26H30BrNO5. The summed E-state index contributed by atoms with van der Waals surface area (Å²) in [5.74, 6) is 0.0808. The van der Waals surface area contributed by atoms with E-state index in [1.807, 2.05) is 31.2 Å². The molecule has 33 heavy (non-hydrogen) atoms. The maximum atomic E-state index is 12.8. The summed E-state index contributed by atoms with van der Waals surface area (Å²) in [5.41, 5.74) is 0.512. The highest BCUT2D eigenvalue weighted by Gasteiger charge is 2.16. The molecule has 6 nitrogen and oxygen atoms in total. The normalized spacial score (nSPS) is 11.0. The molecule has 3 aromatic rings. The maximum absolute atomic E-state index is 12.8. The lowest BCUT2D eigenvalue weighted by atomic mass is 10.1. The summed E-state index contributed by atoms with van der Waals surface area (Å²) in [5, 5.41) is 10.9. The summed E-state index contributed by atoms with van der Waals surface area (Å²) >= 11 is 3.45. The van der Waals surface area contributed by atoms with Crippen LogP contribution >= 0.6 is 15.9 Å². The van der Waals surface area contributed by atoms with Crippen LogP contribution in [0.2, 0.25) is 0 Å². The molecule has 0 saturated heterocycles. The molecule has 0 unspecified atom stereocenters. The van der Waals surface area contributed by atoms with E-state index in [9.17, 15) is 14.7 Å². The van der Waals surface area contributed by atoms with E-state index in [1.165, 1.54) is 25.5 Å². The Morgan fingerprint density at radius 2 is 1.70 bits per heavy atom. The Balaban J connectivity index is 1.92. The van der Waals surface area contributed by atoms with Crippen molar-refractivity contribution in [3.8, 4) is 17.2 Å². The van der Waals surface area contributed by atoms with Crippen molar-refractivity contribution in [2.24, 2.45) is 0 Å². The molecule has 0 aliphatic carbocycles. The van der Waals surface area contributed by atoms with Gasteiger partial charge < -0.3 is 19.1 Å². The number of carboxylic acid groups (broad SMARTS) is 1. The van der Waals surface area contributed by atoms with Gasteiger partial charge in [0, 0.05) is 34.7 Å². The number of pyridine rings is 1. The number of ether oxygens (including phenoxy) is 2. The Morgan fingerprint density at radius 3 is 2.45 bits per heavy atom. The van der Waals surface area contributed by atoms with Crippen molar-refractivity contribution >= 4 is 32.8 Å². The highest BCUT2D eigenvalue weighted by Crippen LogP contribution is 2.25. The minimum Gasteiger partial charge on any atom is -0.494 e.